The van der Waals surface area contributed by atoms with Crippen molar-refractivity contribution in [3.8, 4) is 17.2 Å². The van der Waals surface area contributed by atoms with Crippen LogP contribution < -0.4 is 34.0 Å². The molecule has 1 aromatic heterocycles. The Labute approximate surface area is 291 Å². The zero-order valence-electron chi connectivity index (χ0n) is 27.7. The smallest absolute Gasteiger partial charge is 0.232 e. The van der Waals surface area contributed by atoms with Gasteiger partial charge in [0, 0.05) is 63.7 Å². The molecule has 0 spiro atoms. The summed E-state index contributed by atoms with van der Waals surface area (Å²) in [6.07, 6.45) is 7.53. The number of nitrogens with one attached hydrogen (secondary N) is 2. The van der Waals surface area contributed by atoms with Crippen molar-refractivity contribution in [2.24, 2.45) is 0 Å². The van der Waals surface area contributed by atoms with E-state index in [0.29, 0.717) is 64.1 Å². The number of aromatic nitrogens is 2. The molecule has 48 heavy (non-hydrogen) atoms. The number of hydrogen-bond donors (Lipinski definition) is 2. The quantitative estimate of drug-likeness (QED) is 0.348. The number of hydrogen-bond acceptors (Lipinski definition) is 12. The lowest BCUT2D eigenvalue weighted by atomic mass is 10.0. The van der Waals surface area contributed by atoms with E-state index in [-0.39, 0.29) is 0 Å². The topological polar surface area (TPSA) is 131 Å². The molecule has 13 nitrogen and oxygen atoms in total. The molecule has 0 saturated carbocycles. The molecule has 5 heterocycles. The second-order valence-electron chi connectivity index (χ2n) is 12.2. The zero-order valence-corrected chi connectivity index (χ0v) is 30.1. The predicted octanol–water partition coefficient (Wildman–Crippen LogP) is 5.37. The molecule has 0 unspecified atom stereocenters. The fourth-order valence-corrected chi connectivity index (χ4v) is 7.05. The Balaban J connectivity index is 1.31. The van der Waals surface area contributed by atoms with Crippen LogP contribution in [-0.4, -0.2) is 102 Å². The molecular weight excluding hydrogens is 702 g/mol. The van der Waals surface area contributed by atoms with Gasteiger partial charge < -0.3 is 34.5 Å². The van der Waals surface area contributed by atoms with Crippen LogP contribution in [0.3, 0.4) is 0 Å². The third-order valence-corrected chi connectivity index (χ3v) is 10.8. The summed E-state index contributed by atoms with van der Waals surface area (Å²) in [7, 11) is -0.396. The molecule has 2 fully saturated rings. The standard InChI is InChI=1S/C33H44BrN7O6S/c1-39(48(3,42)43)28-19-24-7-8-26(28)36-32-25(34)22-35-33(38-32)37-27-20-31(47-16-6-4-5-15-46-24)29(21-30(27)44-2)41-11-9-23(10-12-41)40-13-17-45-18-14-40/h7-8,19-23H,4-6,9-18H2,1-3H3,(H2,35,36,37,38). The minimum absolute atomic E-state index is 0.319. The van der Waals surface area contributed by atoms with Crippen molar-refractivity contribution < 1.29 is 27.4 Å². The highest BCUT2D eigenvalue weighted by molar-refractivity contribution is 9.10. The van der Waals surface area contributed by atoms with E-state index in [1.165, 1.54) is 11.4 Å². The monoisotopic (exact) mass is 745 g/mol. The summed E-state index contributed by atoms with van der Waals surface area (Å²) < 4.78 is 50.9. The second kappa shape index (κ2) is 15.3. The van der Waals surface area contributed by atoms with Gasteiger partial charge in [0.25, 0.3) is 0 Å². The molecule has 0 radical (unpaired) electrons. The minimum Gasteiger partial charge on any atom is -0.494 e. The van der Waals surface area contributed by atoms with Crippen LogP contribution in [0.5, 0.6) is 17.2 Å². The Kier molecular flexibility index (Phi) is 11.0. The van der Waals surface area contributed by atoms with Crippen LogP contribution in [0.4, 0.5) is 34.5 Å². The van der Waals surface area contributed by atoms with Crippen LogP contribution in [0.2, 0.25) is 0 Å². The number of halogens is 1. The van der Waals surface area contributed by atoms with E-state index >= 15 is 0 Å². The van der Waals surface area contributed by atoms with Crippen LogP contribution >= 0.6 is 15.9 Å². The average Bonchev–Trinajstić information content (AvgIpc) is 3.09. The summed E-state index contributed by atoms with van der Waals surface area (Å²) in [5.41, 5.74) is 2.64. The summed E-state index contributed by atoms with van der Waals surface area (Å²) in [6, 6.07) is 9.89. The minimum atomic E-state index is -3.56. The van der Waals surface area contributed by atoms with E-state index < -0.39 is 10.0 Å². The van der Waals surface area contributed by atoms with Crippen molar-refractivity contribution in [2.45, 2.75) is 38.1 Å². The summed E-state index contributed by atoms with van der Waals surface area (Å²) in [6.45, 7) is 6.50. The fraction of sp³-hybridized carbons (Fsp3) is 0.515. The molecule has 2 N–H and O–H groups in total. The van der Waals surface area contributed by atoms with E-state index in [0.717, 1.165) is 89.2 Å². The van der Waals surface area contributed by atoms with E-state index in [2.05, 4.69) is 41.3 Å². The van der Waals surface area contributed by atoms with Gasteiger partial charge in [-0.1, -0.05) is 0 Å². The van der Waals surface area contributed by atoms with Crippen molar-refractivity contribution >= 4 is 60.5 Å². The molecule has 0 aliphatic carbocycles. The molecule has 0 amide bonds. The number of morpholine rings is 1. The molecule has 260 valence electrons. The van der Waals surface area contributed by atoms with Gasteiger partial charge in [-0.2, -0.15) is 4.98 Å². The van der Waals surface area contributed by atoms with Crippen molar-refractivity contribution in [2.75, 3.05) is 92.9 Å². The highest BCUT2D eigenvalue weighted by Crippen LogP contribution is 2.42. The number of sulfonamides is 1. The van der Waals surface area contributed by atoms with Crippen molar-refractivity contribution in [3.05, 3.63) is 41.0 Å². The van der Waals surface area contributed by atoms with Crippen LogP contribution in [0.25, 0.3) is 0 Å². The lowest BCUT2D eigenvalue weighted by molar-refractivity contribution is 0.0115. The van der Waals surface area contributed by atoms with Gasteiger partial charge in [-0.25, -0.2) is 13.4 Å². The van der Waals surface area contributed by atoms with Crippen LogP contribution in [-0.2, 0) is 14.8 Å². The molecule has 4 aliphatic rings. The number of rotatable bonds is 5. The molecule has 3 aromatic rings. The lowest BCUT2D eigenvalue weighted by Crippen LogP contribution is -2.49. The van der Waals surface area contributed by atoms with Gasteiger partial charge in [0.2, 0.25) is 16.0 Å². The third kappa shape index (κ3) is 8.18. The van der Waals surface area contributed by atoms with Crippen LogP contribution in [0.15, 0.2) is 41.0 Å². The van der Waals surface area contributed by atoms with E-state index in [1.807, 2.05) is 18.2 Å². The van der Waals surface area contributed by atoms with Crippen LogP contribution in [0, 0.1) is 0 Å². The highest BCUT2D eigenvalue weighted by Gasteiger charge is 2.28. The fourth-order valence-electron chi connectivity index (χ4n) is 6.26. The number of anilines is 6. The number of piperidine rings is 1. The maximum Gasteiger partial charge on any atom is 0.232 e. The van der Waals surface area contributed by atoms with Crippen LogP contribution in [0.1, 0.15) is 32.1 Å². The highest BCUT2D eigenvalue weighted by atomic mass is 79.9. The molecule has 2 aromatic carbocycles. The van der Waals surface area contributed by atoms with Gasteiger partial charge in [-0.15, -0.1) is 0 Å². The first-order chi connectivity index (χ1) is 23.2. The van der Waals surface area contributed by atoms with Crippen molar-refractivity contribution in [1.82, 2.24) is 14.9 Å². The molecule has 6 bridgehead atoms. The molecule has 0 atom stereocenters. The lowest BCUT2D eigenvalue weighted by Gasteiger charge is -2.41. The van der Waals surface area contributed by atoms with Gasteiger partial charge >= 0.3 is 0 Å². The normalized spacial score (nSPS) is 18.3. The largest absolute Gasteiger partial charge is 0.494 e. The maximum absolute atomic E-state index is 12.6. The van der Waals surface area contributed by atoms with E-state index in [4.69, 9.17) is 23.9 Å². The molecule has 4 aliphatic heterocycles. The zero-order chi connectivity index (χ0) is 33.7. The summed E-state index contributed by atoms with van der Waals surface area (Å²) in [4.78, 5) is 14.2. The SMILES string of the molecule is COc1cc(N2CCC(N3CCOCC3)CC2)c2cc1Nc1ncc(Br)c(n1)Nc1ccc(cc1N(C)S(C)(=O)=O)OCCCCCO2. The first kappa shape index (κ1) is 34.3. The van der Waals surface area contributed by atoms with E-state index in [9.17, 15) is 8.42 Å². The number of ether oxygens (including phenoxy) is 4. The third-order valence-electron chi connectivity index (χ3n) is 9.01. The summed E-state index contributed by atoms with van der Waals surface area (Å²) >= 11 is 3.54. The van der Waals surface area contributed by atoms with Gasteiger partial charge in [0.1, 0.15) is 23.1 Å². The second-order valence-corrected chi connectivity index (χ2v) is 15.1. The Morgan fingerprint density at radius 2 is 1.71 bits per heavy atom. The predicted molar refractivity (Wildman–Crippen MR) is 191 cm³/mol. The number of methoxy groups -OCH3 is 1. The molecule has 15 heteroatoms. The van der Waals surface area contributed by atoms with Crippen molar-refractivity contribution in [3.63, 3.8) is 0 Å². The number of nitrogens with zero attached hydrogens (tertiary/aromatic N) is 5. The molecule has 2 saturated heterocycles. The summed E-state index contributed by atoms with van der Waals surface area (Å²) in [5, 5.41) is 6.61. The van der Waals surface area contributed by atoms with Crippen molar-refractivity contribution in [1.29, 1.82) is 0 Å². The Hall–Kier alpha value is -3.53. The Morgan fingerprint density at radius 1 is 0.958 bits per heavy atom. The summed E-state index contributed by atoms with van der Waals surface area (Å²) in [5.74, 6) is 2.76. The molecule has 7 rings (SSSR count). The van der Waals surface area contributed by atoms with E-state index in [1.54, 1.807) is 25.4 Å². The Bertz CT molecular complexity index is 1680. The molecular formula is C33H44BrN7O6S. The average molecular weight is 747 g/mol. The first-order valence-electron chi connectivity index (χ1n) is 16.4. The van der Waals surface area contributed by atoms with Gasteiger partial charge in [-0.3, -0.25) is 9.21 Å². The Morgan fingerprint density at radius 3 is 2.44 bits per heavy atom. The van der Waals surface area contributed by atoms with Gasteiger partial charge in [0.15, 0.2) is 0 Å². The van der Waals surface area contributed by atoms with Gasteiger partial charge in [0.05, 0.1) is 67.0 Å². The van der Waals surface area contributed by atoms with Gasteiger partial charge in [-0.05, 0) is 60.2 Å². The first-order valence-corrected chi connectivity index (χ1v) is 19.0. The maximum atomic E-state index is 12.6. The number of benzene rings is 2. The number of fused-ring (bicyclic) bond motifs is 8.